The summed E-state index contributed by atoms with van der Waals surface area (Å²) in [6.07, 6.45) is 3.33. The number of amides is 1. The zero-order chi connectivity index (χ0) is 12.6. The average Bonchev–Trinajstić information content (AvgIpc) is 2.56. The van der Waals surface area contributed by atoms with Crippen molar-refractivity contribution in [2.45, 2.75) is 56.0 Å². The molecule has 2 saturated heterocycles. The monoisotopic (exact) mass is 261 g/mol. The summed E-state index contributed by atoms with van der Waals surface area (Å²) in [6.45, 7) is 1.47. The zero-order valence-electron chi connectivity index (χ0n) is 9.85. The molecule has 1 amide bonds. The van der Waals surface area contributed by atoms with Gasteiger partial charge in [0.2, 0.25) is 15.9 Å². The molecule has 2 heterocycles. The third-order valence-electron chi connectivity index (χ3n) is 3.64. The van der Waals surface area contributed by atoms with Crippen LogP contribution in [0.4, 0.5) is 0 Å². The predicted molar refractivity (Wildman–Crippen MR) is 63.7 cm³/mol. The third kappa shape index (κ3) is 2.78. The van der Waals surface area contributed by atoms with Crippen LogP contribution in [0.15, 0.2) is 0 Å². The van der Waals surface area contributed by atoms with Crippen LogP contribution in [0.5, 0.6) is 0 Å². The lowest BCUT2D eigenvalue weighted by atomic mass is 10.1. The molecule has 2 rings (SSSR count). The van der Waals surface area contributed by atoms with Crippen molar-refractivity contribution in [3.63, 3.8) is 0 Å². The molecular formula is C10H19N3O3S. The van der Waals surface area contributed by atoms with E-state index < -0.39 is 27.2 Å². The minimum absolute atomic E-state index is 0.305. The van der Waals surface area contributed by atoms with E-state index >= 15 is 0 Å². The third-order valence-corrected chi connectivity index (χ3v) is 5.58. The van der Waals surface area contributed by atoms with Crippen molar-refractivity contribution in [3.8, 4) is 0 Å². The number of nitrogens with two attached hydrogens (primary N) is 1. The number of carbonyl (C=O) groups is 1. The number of fused-ring (bicyclic) bond motifs is 2. The summed E-state index contributed by atoms with van der Waals surface area (Å²) >= 11 is 0. The van der Waals surface area contributed by atoms with Gasteiger partial charge in [-0.2, -0.15) is 0 Å². The zero-order valence-corrected chi connectivity index (χ0v) is 10.7. The molecule has 4 N–H and O–H groups in total. The van der Waals surface area contributed by atoms with Crippen molar-refractivity contribution in [1.82, 2.24) is 10.0 Å². The Bertz CT molecular complexity index is 397. The molecule has 17 heavy (non-hydrogen) atoms. The summed E-state index contributed by atoms with van der Waals surface area (Å²) in [5.74, 6) is -0.648. The van der Waals surface area contributed by atoms with Gasteiger partial charge in [0.1, 0.15) is 0 Å². The number of piperidine rings is 1. The van der Waals surface area contributed by atoms with Crippen molar-refractivity contribution >= 4 is 15.9 Å². The Kier molecular flexibility index (Phi) is 3.42. The molecule has 3 atom stereocenters. The number of hydrogen-bond donors (Lipinski definition) is 3. The van der Waals surface area contributed by atoms with Crippen molar-refractivity contribution in [3.05, 3.63) is 0 Å². The van der Waals surface area contributed by atoms with Gasteiger partial charge in [0, 0.05) is 12.1 Å². The highest BCUT2D eigenvalue weighted by Gasteiger charge is 2.40. The Morgan fingerprint density at radius 3 is 2.35 bits per heavy atom. The molecular weight excluding hydrogens is 242 g/mol. The molecule has 0 aromatic heterocycles. The van der Waals surface area contributed by atoms with Gasteiger partial charge in [-0.1, -0.05) is 0 Å². The van der Waals surface area contributed by atoms with E-state index in [0.29, 0.717) is 24.9 Å². The number of hydrogen-bond acceptors (Lipinski definition) is 4. The van der Waals surface area contributed by atoms with Crippen LogP contribution in [-0.4, -0.2) is 37.7 Å². The molecule has 0 aromatic rings. The van der Waals surface area contributed by atoms with Crippen LogP contribution in [0.3, 0.4) is 0 Å². The maximum atomic E-state index is 12.1. The highest BCUT2D eigenvalue weighted by molar-refractivity contribution is 7.90. The van der Waals surface area contributed by atoms with Gasteiger partial charge >= 0.3 is 0 Å². The van der Waals surface area contributed by atoms with E-state index in [1.165, 1.54) is 6.92 Å². The SMILES string of the molecule is CC(NS(=O)(=O)C1CC2CCC(C1)N2)C(N)=O. The molecule has 3 unspecified atom stereocenters. The number of rotatable bonds is 4. The van der Waals surface area contributed by atoms with E-state index in [9.17, 15) is 13.2 Å². The second-order valence-corrected chi connectivity index (χ2v) is 7.01. The van der Waals surface area contributed by atoms with Gasteiger partial charge in [-0.05, 0) is 32.6 Å². The number of carbonyl (C=O) groups excluding carboxylic acids is 1. The molecule has 0 saturated carbocycles. The maximum absolute atomic E-state index is 12.1. The van der Waals surface area contributed by atoms with Gasteiger partial charge in [-0.3, -0.25) is 4.79 Å². The normalized spacial score (nSPS) is 34.5. The smallest absolute Gasteiger partial charge is 0.235 e. The van der Waals surface area contributed by atoms with E-state index in [0.717, 1.165) is 12.8 Å². The minimum Gasteiger partial charge on any atom is -0.368 e. The lowest BCUT2D eigenvalue weighted by molar-refractivity contribution is -0.119. The van der Waals surface area contributed by atoms with Gasteiger partial charge in [-0.15, -0.1) is 0 Å². The van der Waals surface area contributed by atoms with E-state index in [2.05, 4.69) is 10.0 Å². The van der Waals surface area contributed by atoms with E-state index in [1.54, 1.807) is 0 Å². The van der Waals surface area contributed by atoms with Gasteiger partial charge in [0.05, 0.1) is 11.3 Å². The van der Waals surface area contributed by atoms with Crippen LogP contribution in [0, 0.1) is 0 Å². The first-order valence-corrected chi connectivity index (χ1v) is 7.49. The summed E-state index contributed by atoms with van der Waals surface area (Å²) in [7, 11) is -3.44. The Morgan fingerprint density at radius 2 is 1.88 bits per heavy atom. The average molecular weight is 261 g/mol. The molecule has 0 spiro atoms. The molecule has 2 fully saturated rings. The van der Waals surface area contributed by atoms with Crippen LogP contribution in [-0.2, 0) is 14.8 Å². The summed E-state index contributed by atoms with van der Waals surface area (Å²) in [4.78, 5) is 10.9. The molecule has 2 aliphatic rings. The molecule has 2 bridgehead atoms. The number of sulfonamides is 1. The highest BCUT2D eigenvalue weighted by atomic mass is 32.2. The Morgan fingerprint density at radius 1 is 1.35 bits per heavy atom. The second kappa shape index (κ2) is 4.55. The Balaban J connectivity index is 2.03. The van der Waals surface area contributed by atoms with E-state index in [-0.39, 0.29) is 0 Å². The van der Waals surface area contributed by atoms with Crippen LogP contribution in [0.25, 0.3) is 0 Å². The summed E-state index contributed by atoms with van der Waals surface area (Å²) in [6, 6.07) is -0.231. The largest absolute Gasteiger partial charge is 0.368 e. The van der Waals surface area contributed by atoms with Crippen molar-refractivity contribution in [2.24, 2.45) is 5.73 Å². The number of nitrogens with one attached hydrogen (secondary N) is 2. The summed E-state index contributed by atoms with van der Waals surface area (Å²) in [5.41, 5.74) is 5.06. The van der Waals surface area contributed by atoms with Crippen molar-refractivity contribution < 1.29 is 13.2 Å². The van der Waals surface area contributed by atoms with Crippen LogP contribution in [0.1, 0.15) is 32.6 Å². The van der Waals surface area contributed by atoms with Gasteiger partial charge in [0.25, 0.3) is 0 Å². The molecule has 7 heteroatoms. The summed E-state index contributed by atoms with van der Waals surface area (Å²) in [5, 5.41) is 2.98. The lowest BCUT2D eigenvalue weighted by Crippen LogP contribution is -2.50. The molecule has 2 aliphatic heterocycles. The topological polar surface area (TPSA) is 101 Å². The lowest BCUT2D eigenvalue weighted by Gasteiger charge is -2.29. The standard InChI is InChI=1S/C10H19N3O3S/c1-6(10(11)14)13-17(15,16)9-4-7-2-3-8(5-9)12-7/h6-9,12-13H,2-5H2,1H3,(H2,11,14). The van der Waals surface area contributed by atoms with Crippen LogP contribution < -0.4 is 15.8 Å². The first-order valence-electron chi connectivity index (χ1n) is 5.95. The molecule has 0 aromatic carbocycles. The van der Waals surface area contributed by atoms with Crippen LogP contribution in [0.2, 0.25) is 0 Å². The maximum Gasteiger partial charge on any atom is 0.235 e. The molecule has 0 aliphatic carbocycles. The predicted octanol–water partition coefficient (Wildman–Crippen LogP) is -0.937. The van der Waals surface area contributed by atoms with E-state index in [4.69, 9.17) is 5.73 Å². The fraction of sp³-hybridized carbons (Fsp3) is 0.900. The van der Waals surface area contributed by atoms with Gasteiger partial charge in [-0.25, -0.2) is 13.1 Å². The Labute approximate surface area is 101 Å². The quantitative estimate of drug-likeness (QED) is 0.608. The van der Waals surface area contributed by atoms with Crippen molar-refractivity contribution in [1.29, 1.82) is 0 Å². The first-order chi connectivity index (χ1) is 7.88. The fourth-order valence-electron chi connectivity index (χ4n) is 2.66. The molecule has 98 valence electrons. The van der Waals surface area contributed by atoms with Crippen LogP contribution >= 0.6 is 0 Å². The number of primary amides is 1. The van der Waals surface area contributed by atoms with Gasteiger partial charge < -0.3 is 11.1 Å². The Hall–Kier alpha value is -0.660. The molecule has 6 nitrogen and oxygen atoms in total. The minimum atomic E-state index is -3.44. The van der Waals surface area contributed by atoms with Crippen molar-refractivity contribution in [2.75, 3.05) is 0 Å². The highest BCUT2D eigenvalue weighted by Crippen LogP contribution is 2.30. The summed E-state index contributed by atoms with van der Waals surface area (Å²) < 4.78 is 26.5. The first kappa shape index (κ1) is 12.8. The molecule has 0 radical (unpaired) electrons. The second-order valence-electron chi connectivity index (χ2n) is 5.02. The van der Waals surface area contributed by atoms with E-state index in [1.807, 2.05) is 0 Å². The fourth-order valence-corrected chi connectivity index (χ4v) is 4.43. The van der Waals surface area contributed by atoms with Gasteiger partial charge in [0.15, 0.2) is 0 Å².